The smallest absolute Gasteiger partial charge is 0.298 e. The summed E-state index contributed by atoms with van der Waals surface area (Å²) >= 11 is 7.63. The molecular weight excluding hydrogens is 302 g/mol. The molecule has 0 aliphatic carbocycles. The van der Waals surface area contributed by atoms with Gasteiger partial charge in [0.1, 0.15) is 3.04 Å². The van der Waals surface area contributed by atoms with Crippen molar-refractivity contribution in [3.05, 3.63) is 38.9 Å². The second-order valence-corrected chi connectivity index (χ2v) is 4.26. The average molecular weight is 309 g/mol. The van der Waals surface area contributed by atoms with Crippen LogP contribution in [0.1, 0.15) is 5.56 Å². The minimum absolute atomic E-state index is 0.364. The molecule has 0 fully saturated rings. The molecule has 0 radical (unpaired) electrons. The SMILES string of the molecule is O=CO/C(=C(\Cl)I)c1ccccc1. The molecule has 0 saturated heterocycles. The number of carbonyl (C=O) groups excluding carboxylic acids is 1. The van der Waals surface area contributed by atoms with Crippen LogP contribution in [0.3, 0.4) is 0 Å². The van der Waals surface area contributed by atoms with Gasteiger partial charge in [0.05, 0.1) is 0 Å². The lowest BCUT2D eigenvalue weighted by Gasteiger charge is -2.03. The summed E-state index contributed by atoms with van der Waals surface area (Å²) in [7, 11) is 0. The third kappa shape index (κ3) is 3.00. The molecule has 0 N–H and O–H groups in total. The highest BCUT2D eigenvalue weighted by molar-refractivity contribution is 14.1. The van der Waals surface area contributed by atoms with E-state index in [1.165, 1.54) is 0 Å². The van der Waals surface area contributed by atoms with Crippen LogP contribution in [-0.2, 0) is 9.53 Å². The first-order valence-corrected chi connectivity index (χ1v) is 4.92. The molecule has 13 heavy (non-hydrogen) atoms. The van der Waals surface area contributed by atoms with Gasteiger partial charge in [-0.25, -0.2) is 0 Å². The summed E-state index contributed by atoms with van der Waals surface area (Å²) in [6.07, 6.45) is 0. The maximum atomic E-state index is 10.2. The summed E-state index contributed by atoms with van der Waals surface area (Å²) < 4.78 is 5.18. The van der Waals surface area contributed by atoms with Gasteiger partial charge in [-0.15, -0.1) is 0 Å². The summed E-state index contributed by atoms with van der Waals surface area (Å²) in [4.78, 5) is 10.2. The van der Waals surface area contributed by atoms with E-state index in [1.54, 1.807) is 0 Å². The quantitative estimate of drug-likeness (QED) is 0.487. The van der Waals surface area contributed by atoms with Crippen LogP contribution in [0.15, 0.2) is 33.4 Å². The monoisotopic (exact) mass is 308 g/mol. The molecule has 0 aliphatic rings. The fourth-order valence-electron chi connectivity index (χ4n) is 0.859. The van der Waals surface area contributed by atoms with Gasteiger partial charge in [-0.05, 0) is 22.6 Å². The molecule has 0 saturated carbocycles. The van der Waals surface area contributed by atoms with E-state index < -0.39 is 0 Å². The van der Waals surface area contributed by atoms with Crippen molar-refractivity contribution in [1.82, 2.24) is 0 Å². The zero-order valence-corrected chi connectivity index (χ0v) is 9.45. The minimum Gasteiger partial charge on any atom is -0.426 e. The molecule has 0 aliphatic heterocycles. The Balaban J connectivity index is 3.04. The summed E-state index contributed by atoms with van der Waals surface area (Å²) in [5.41, 5.74) is 0.786. The number of ether oxygens (including phenoxy) is 1. The minimum atomic E-state index is 0.364. The van der Waals surface area contributed by atoms with E-state index in [1.807, 2.05) is 52.9 Å². The second-order valence-electron chi connectivity index (χ2n) is 2.17. The first kappa shape index (κ1) is 10.5. The standard InChI is InChI=1S/C9H6ClIO2/c10-9(11)8(13-6-12)7-4-2-1-3-5-7/h1-6H/b9-8+. The van der Waals surface area contributed by atoms with Gasteiger partial charge in [0.2, 0.25) is 0 Å². The number of benzene rings is 1. The maximum Gasteiger partial charge on any atom is 0.298 e. The van der Waals surface area contributed by atoms with E-state index in [0.29, 0.717) is 15.3 Å². The lowest BCUT2D eigenvalue weighted by Crippen LogP contribution is -1.89. The van der Waals surface area contributed by atoms with E-state index in [2.05, 4.69) is 0 Å². The van der Waals surface area contributed by atoms with Gasteiger partial charge in [0, 0.05) is 5.56 Å². The lowest BCUT2D eigenvalue weighted by molar-refractivity contribution is -0.122. The Morgan fingerprint density at radius 3 is 2.46 bits per heavy atom. The molecule has 2 nitrogen and oxygen atoms in total. The van der Waals surface area contributed by atoms with Crippen LogP contribution in [0.25, 0.3) is 5.76 Å². The molecular formula is C9H6ClIO2. The van der Waals surface area contributed by atoms with E-state index in [0.717, 1.165) is 5.56 Å². The van der Waals surface area contributed by atoms with Crippen LogP contribution in [0.2, 0.25) is 0 Å². The van der Waals surface area contributed by atoms with Crippen molar-refractivity contribution < 1.29 is 9.53 Å². The van der Waals surface area contributed by atoms with E-state index >= 15 is 0 Å². The van der Waals surface area contributed by atoms with Crippen molar-refractivity contribution >= 4 is 46.4 Å². The topological polar surface area (TPSA) is 26.3 Å². The summed E-state index contributed by atoms with van der Waals surface area (Å²) in [5, 5.41) is 0. The summed E-state index contributed by atoms with van der Waals surface area (Å²) in [5.74, 6) is 0.387. The molecule has 0 spiro atoms. The number of hydrogen-bond acceptors (Lipinski definition) is 2. The van der Waals surface area contributed by atoms with Gasteiger partial charge >= 0.3 is 0 Å². The number of halogens is 2. The Bertz CT molecular complexity index is 318. The second kappa shape index (κ2) is 5.24. The molecule has 0 aromatic heterocycles. The number of hydrogen-bond donors (Lipinski definition) is 0. The average Bonchev–Trinajstić information content (AvgIpc) is 2.15. The predicted octanol–water partition coefficient (Wildman–Crippen LogP) is 3.16. The Morgan fingerprint density at radius 2 is 2.00 bits per heavy atom. The number of carbonyl (C=O) groups is 1. The fraction of sp³-hybridized carbons (Fsp3) is 0. The Hall–Kier alpha value is -0.550. The normalized spacial score (nSPS) is 11.8. The van der Waals surface area contributed by atoms with E-state index in [4.69, 9.17) is 16.3 Å². The molecule has 0 heterocycles. The Morgan fingerprint density at radius 1 is 1.38 bits per heavy atom. The highest BCUT2D eigenvalue weighted by atomic mass is 127. The zero-order valence-electron chi connectivity index (χ0n) is 6.54. The summed E-state index contributed by atoms with van der Waals surface area (Å²) in [6, 6.07) is 9.21. The highest BCUT2D eigenvalue weighted by Crippen LogP contribution is 2.26. The van der Waals surface area contributed by atoms with Crippen molar-refractivity contribution in [2.45, 2.75) is 0 Å². The third-order valence-corrected chi connectivity index (χ3v) is 2.04. The van der Waals surface area contributed by atoms with Crippen LogP contribution < -0.4 is 0 Å². The third-order valence-electron chi connectivity index (χ3n) is 1.37. The molecule has 0 atom stereocenters. The molecule has 4 heteroatoms. The van der Waals surface area contributed by atoms with Crippen LogP contribution in [0.5, 0.6) is 0 Å². The van der Waals surface area contributed by atoms with E-state index in [-0.39, 0.29) is 0 Å². The van der Waals surface area contributed by atoms with E-state index in [9.17, 15) is 4.79 Å². The fourth-order valence-corrected chi connectivity index (χ4v) is 1.45. The highest BCUT2D eigenvalue weighted by Gasteiger charge is 2.05. The first-order chi connectivity index (χ1) is 6.25. The van der Waals surface area contributed by atoms with Gasteiger partial charge in [-0.2, -0.15) is 0 Å². The molecule has 0 amide bonds. The molecule has 1 aromatic carbocycles. The molecule has 0 bridgehead atoms. The van der Waals surface area contributed by atoms with Crippen molar-refractivity contribution in [3.63, 3.8) is 0 Å². The van der Waals surface area contributed by atoms with Crippen molar-refractivity contribution in [2.24, 2.45) is 0 Å². The molecule has 1 aromatic rings. The first-order valence-electron chi connectivity index (χ1n) is 3.46. The lowest BCUT2D eigenvalue weighted by atomic mass is 10.2. The van der Waals surface area contributed by atoms with Gasteiger partial charge in [-0.3, -0.25) is 4.79 Å². The zero-order chi connectivity index (χ0) is 9.68. The van der Waals surface area contributed by atoms with Crippen LogP contribution in [0.4, 0.5) is 0 Å². The van der Waals surface area contributed by atoms with Crippen LogP contribution >= 0.6 is 34.2 Å². The van der Waals surface area contributed by atoms with Gasteiger partial charge in [0.25, 0.3) is 6.47 Å². The van der Waals surface area contributed by atoms with Gasteiger partial charge in [-0.1, -0.05) is 41.9 Å². The molecule has 1 rings (SSSR count). The van der Waals surface area contributed by atoms with Gasteiger partial charge < -0.3 is 4.74 Å². The summed E-state index contributed by atoms with van der Waals surface area (Å²) in [6.45, 7) is 0.364. The molecule has 0 unspecified atom stereocenters. The maximum absolute atomic E-state index is 10.2. The van der Waals surface area contributed by atoms with Crippen LogP contribution in [-0.4, -0.2) is 6.47 Å². The number of rotatable bonds is 3. The molecule has 68 valence electrons. The largest absolute Gasteiger partial charge is 0.426 e. The Labute approximate surface area is 94.7 Å². The van der Waals surface area contributed by atoms with Crippen LogP contribution in [0, 0.1) is 0 Å². The van der Waals surface area contributed by atoms with Crippen molar-refractivity contribution in [2.75, 3.05) is 0 Å². The predicted molar refractivity (Wildman–Crippen MR) is 60.4 cm³/mol. The Kier molecular flexibility index (Phi) is 4.24. The van der Waals surface area contributed by atoms with Crippen molar-refractivity contribution in [3.8, 4) is 0 Å². The van der Waals surface area contributed by atoms with Gasteiger partial charge in [0.15, 0.2) is 5.76 Å². The van der Waals surface area contributed by atoms with Crippen molar-refractivity contribution in [1.29, 1.82) is 0 Å².